The Morgan fingerprint density at radius 1 is 1.31 bits per heavy atom. The summed E-state index contributed by atoms with van der Waals surface area (Å²) in [5.41, 5.74) is 1.20. The third kappa shape index (κ3) is 6.64. The van der Waals surface area contributed by atoms with Crippen LogP contribution in [-0.2, 0) is 24.6 Å². The Balaban J connectivity index is 0.00000243. The molecular formula is C18H28IN5O2. The Labute approximate surface area is 171 Å². The molecule has 144 valence electrons. The van der Waals surface area contributed by atoms with Gasteiger partial charge in [-0.1, -0.05) is 0 Å². The van der Waals surface area contributed by atoms with Crippen LogP contribution in [0.2, 0.25) is 0 Å². The molecule has 3 rings (SSSR count). The second-order valence-electron chi connectivity index (χ2n) is 6.30. The lowest BCUT2D eigenvalue weighted by Crippen LogP contribution is -2.40. The smallest absolute Gasteiger partial charge is 0.191 e. The van der Waals surface area contributed by atoms with Crippen molar-refractivity contribution in [2.24, 2.45) is 18.0 Å². The number of nitrogens with one attached hydrogen (secondary N) is 2. The van der Waals surface area contributed by atoms with Gasteiger partial charge < -0.3 is 19.8 Å². The largest absolute Gasteiger partial charge is 0.469 e. The van der Waals surface area contributed by atoms with Crippen molar-refractivity contribution >= 4 is 29.9 Å². The molecule has 0 aromatic carbocycles. The average molecular weight is 473 g/mol. The van der Waals surface area contributed by atoms with Crippen molar-refractivity contribution in [3.8, 4) is 0 Å². The molecule has 1 aliphatic rings. The maximum Gasteiger partial charge on any atom is 0.191 e. The number of furan rings is 1. The highest BCUT2D eigenvalue weighted by Gasteiger charge is 2.15. The fourth-order valence-corrected chi connectivity index (χ4v) is 2.84. The molecule has 1 fully saturated rings. The van der Waals surface area contributed by atoms with Gasteiger partial charge in [0.25, 0.3) is 0 Å². The third-order valence-electron chi connectivity index (χ3n) is 4.37. The SMILES string of the molecule is Cn1nccc1CCNC(=NCC1CCOC1)NCCc1ccco1.I. The second-order valence-corrected chi connectivity index (χ2v) is 6.30. The van der Waals surface area contributed by atoms with E-state index in [9.17, 15) is 0 Å². The van der Waals surface area contributed by atoms with Crippen LogP contribution in [0.25, 0.3) is 0 Å². The predicted molar refractivity (Wildman–Crippen MR) is 112 cm³/mol. The van der Waals surface area contributed by atoms with Gasteiger partial charge >= 0.3 is 0 Å². The van der Waals surface area contributed by atoms with Crippen LogP contribution in [0.1, 0.15) is 17.9 Å². The molecule has 2 aromatic heterocycles. The highest BCUT2D eigenvalue weighted by Crippen LogP contribution is 2.12. The summed E-state index contributed by atoms with van der Waals surface area (Å²) < 4.78 is 12.7. The zero-order valence-corrected chi connectivity index (χ0v) is 17.5. The second kappa shape index (κ2) is 11.2. The van der Waals surface area contributed by atoms with Crippen molar-refractivity contribution in [1.82, 2.24) is 20.4 Å². The Hall–Kier alpha value is -1.55. The van der Waals surface area contributed by atoms with Gasteiger partial charge in [0.15, 0.2) is 5.96 Å². The third-order valence-corrected chi connectivity index (χ3v) is 4.37. The number of aromatic nitrogens is 2. The molecule has 0 amide bonds. The van der Waals surface area contributed by atoms with Gasteiger partial charge in [-0.05, 0) is 24.6 Å². The predicted octanol–water partition coefficient (Wildman–Crippen LogP) is 1.99. The van der Waals surface area contributed by atoms with E-state index in [1.165, 1.54) is 5.69 Å². The molecule has 0 saturated carbocycles. The van der Waals surface area contributed by atoms with Crippen molar-refractivity contribution in [1.29, 1.82) is 0 Å². The minimum Gasteiger partial charge on any atom is -0.469 e. The molecule has 8 heteroatoms. The van der Waals surface area contributed by atoms with E-state index in [4.69, 9.17) is 14.1 Å². The number of nitrogens with zero attached hydrogens (tertiary/aromatic N) is 3. The maximum absolute atomic E-state index is 5.43. The molecule has 1 atom stereocenters. The topological polar surface area (TPSA) is 76.6 Å². The maximum atomic E-state index is 5.43. The van der Waals surface area contributed by atoms with Crippen LogP contribution in [0, 0.1) is 5.92 Å². The molecule has 26 heavy (non-hydrogen) atoms. The summed E-state index contributed by atoms with van der Waals surface area (Å²) in [5.74, 6) is 2.35. The molecule has 2 aromatic rings. The van der Waals surface area contributed by atoms with Gasteiger partial charge in [-0.2, -0.15) is 5.10 Å². The first-order valence-corrected chi connectivity index (χ1v) is 8.90. The zero-order chi connectivity index (χ0) is 17.3. The van der Waals surface area contributed by atoms with Crippen molar-refractivity contribution in [3.05, 3.63) is 42.1 Å². The summed E-state index contributed by atoms with van der Waals surface area (Å²) in [6.07, 6.45) is 6.37. The lowest BCUT2D eigenvalue weighted by molar-refractivity contribution is 0.187. The van der Waals surface area contributed by atoms with Gasteiger partial charge in [0.2, 0.25) is 0 Å². The first-order chi connectivity index (χ1) is 12.3. The highest BCUT2D eigenvalue weighted by molar-refractivity contribution is 14.0. The van der Waals surface area contributed by atoms with Gasteiger partial charge in [-0.25, -0.2) is 0 Å². The lowest BCUT2D eigenvalue weighted by Gasteiger charge is -2.13. The summed E-state index contributed by atoms with van der Waals surface area (Å²) in [4.78, 5) is 4.73. The fraction of sp³-hybridized carbons (Fsp3) is 0.556. The molecule has 0 spiro atoms. The van der Waals surface area contributed by atoms with Crippen molar-refractivity contribution in [3.63, 3.8) is 0 Å². The Morgan fingerprint density at radius 3 is 2.81 bits per heavy atom. The molecule has 1 saturated heterocycles. The van der Waals surface area contributed by atoms with Crippen molar-refractivity contribution < 1.29 is 9.15 Å². The average Bonchev–Trinajstić information content (AvgIpc) is 3.36. The molecule has 7 nitrogen and oxygen atoms in total. The van der Waals surface area contributed by atoms with Gasteiger partial charge in [0.05, 0.1) is 12.9 Å². The van der Waals surface area contributed by atoms with Crippen LogP contribution in [0.15, 0.2) is 40.1 Å². The summed E-state index contributed by atoms with van der Waals surface area (Å²) in [5, 5.41) is 11.0. The number of aryl methyl sites for hydroxylation is 1. The van der Waals surface area contributed by atoms with E-state index in [2.05, 4.69) is 15.7 Å². The van der Waals surface area contributed by atoms with Gasteiger partial charge in [-0.3, -0.25) is 9.67 Å². The summed E-state index contributed by atoms with van der Waals surface area (Å²) in [6, 6.07) is 5.94. The van der Waals surface area contributed by atoms with Crippen LogP contribution in [0.3, 0.4) is 0 Å². The standard InChI is InChI=1S/C18H27N5O2.HI/c1-23-16(5-10-22-23)4-8-19-18(21-13-15-7-12-24-14-15)20-9-6-17-3-2-11-25-17;/h2-3,5,10-11,15H,4,6-9,12-14H2,1H3,(H2,19,20,21);1H. The van der Waals surface area contributed by atoms with E-state index < -0.39 is 0 Å². The quantitative estimate of drug-likeness (QED) is 0.349. The monoisotopic (exact) mass is 473 g/mol. The molecule has 3 heterocycles. The normalized spacial score (nSPS) is 17.1. The number of aliphatic imine (C=N–C) groups is 1. The molecule has 1 aliphatic heterocycles. The van der Waals surface area contributed by atoms with E-state index in [1.54, 1.807) is 6.26 Å². The van der Waals surface area contributed by atoms with E-state index >= 15 is 0 Å². The number of rotatable bonds is 8. The zero-order valence-electron chi connectivity index (χ0n) is 15.2. The Bertz CT molecular complexity index is 650. The summed E-state index contributed by atoms with van der Waals surface area (Å²) in [6.45, 7) is 4.06. The first-order valence-electron chi connectivity index (χ1n) is 8.90. The van der Waals surface area contributed by atoms with Crippen LogP contribution < -0.4 is 10.6 Å². The van der Waals surface area contributed by atoms with E-state index in [0.717, 1.165) is 63.8 Å². The number of hydrogen-bond acceptors (Lipinski definition) is 4. The molecule has 0 aliphatic carbocycles. The number of hydrogen-bond donors (Lipinski definition) is 2. The van der Waals surface area contributed by atoms with Crippen LogP contribution in [0.5, 0.6) is 0 Å². The van der Waals surface area contributed by atoms with E-state index in [0.29, 0.717) is 5.92 Å². The minimum absolute atomic E-state index is 0. The first kappa shape index (κ1) is 20.8. The Kier molecular flexibility index (Phi) is 8.96. The summed E-state index contributed by atoms with van der Waals surface area (Å²) in [7, 11) is 1.96. The number of ether oxygens (including phenoxy) is 1. The molecular weight excluding hydrogens is 445 g/mol. The molecule has 0 bridgehead atoms. The molecule has 2 N–H and O–H groups in total. The molecule has 1 unspecified atom stereocenters. The van der Waals surface area contributed by atoms with E-state index in [1.807, 2.05) is 36.1 Å². The van der Waals surface area contributed by atoms with Crippen molar-refractivity contribution in [2.75, 3.05) is 32.8 Å². The van der Waals surface area contributed by atoms with Crippen molar-refractivity contribution in [2.45, 2.75) is 19.3 Å². The van der Waals surface area contributed by atoms with Gasteiger partial charge in [-0.15, -0.1) is 24.0 Å². The van der Waals surface area contributed by atoms with Gasteiger partial charge in [0.1, 0.15) is 5.76 Å². The number of guanidine groups is 1. The number of halogens is 1. The van der Waals surface area contributed by atoms with E-state index in [-0.39, 0.29) is 24.0 Å². The summed E-state index contributed by atoms with van der Waals surface area (Å²) >= 11 is 0. The van der Waals surface area contributed by atoms with Gasteiger partial charge in [0, 0.05) is 63.9 Å². The minimum atomic E-state index is 0. The van der Waals surface area contributed by atoms with Crippen LogP contribution in [-0.4, -0.2) is 48.6 Å². The highest BCUT2D eigenvalue weighted by atomic mass is 127. The Morgan fingerprint density at radius 2 is 2.15 bits per heavy atom. The molecule has 0 radical (unpaired) electrons. The lowest BCUT2D eigenvalue weighted by atomic mass is 10.1. The van der Waals surface area contributed by atoms with Crippen LogP contribution in [0.4, 0.5) is 0 Å². The fourth-order valence-electron chi connectivity index (χ4n) is 2.84. The van der Waals surface area contributed by atoms with Crippen LogP contribution >= 0.6 is 24.0 Å².